The van der Waals surface area contributed by atoms with Gasteiger partial charge in [-0.15, -0.1) is 11.3 Å². The molecule has 0 bridgehead atoms. The molecule has 2 rings (SSSR count). The van der Waals surface area contributed by atoms with Crippen LogP contribution in [0.2, 0.25) is 0 Å². The summed E-state index contributed by atoms with van der Waals surface area (Å²) >= 11 is 1.52. The van der Waals surface area contributed by atoms with Gasteiger partial charge in [0.25, 0.3) is 0 Å². The van der Waals surface area contributed by atoms with Crippen LogP contribution in [0.15, 0.2) is 6.20 Å². The fraction of sp³-hybridized carbons (Fsp3) is 0.667. The van der Waals surface area contributed by atoms with Gasteiger partial charge in [-0.2, -0.15) is 0 Å². The van der Waals surface area contributed by atoms with Gasteiger partial charge < -0.3 is 10.0 Å². The summed E-state index contributed by atoms with van der Waals surface area (Å²) in [7, 11) is 1.59. The van der Waals surface area contributed by atoms with Crippen molar-refractivity contribution in [3.8, 4) is 0 Å². The van der Waals surface area contributed by atoms with Crippen molar-refractivity contribution in [2.75, 3.05) is 18.9 Å². The maximum absolute atomic E-state index is 12.0. The summed E-state index contributed by atoms with van der Waals surface area (Å²) in [6.07, 6.45) is 8.10. The number of carboxylic acid groups (broad SMARTS) is 1. The molecule has 1 aromatic rings. The first kappa shape index (κ1) is 16.7. The molecule has 1 atom stereocenters. The van der Waals surface area contributed by atoms with Gasteiger partial charge in [-0.25, -0.2) is 9.78 Å². The summed E-state index contributed by atoms with van der Waals surface area (Å²) in [4.78, 5) is 29.8. The fourth-order valence-corrected chi connectivity index (χ4v) is 3.65. The number of nitrogens with one attached hydrogen (secondary N) is 1. The number of aromatic nitrogens is 1. The molecule has 0 aromatic carbocycles. The second-order valence-electron chi connectivity index (χ2n) is 5.95. The molecule has 1 aromatic heterocycles. The Morgan fingerprint density at radius 1 is 1.45 bits per heavy atom. The van der Waals surface area contributed by atoms with Crippen LogP contribution in [-0.2, 0) is 4.79 Å². The van der Waals surface area contributed by atoms with E-state index < -0.39 is 11.9 Å². The van der Waals surface area contributed by atoms with Crippen molar-refractivity contribution < 1.29 is 14.7 Å². The Kier molecular flexibility index (Phi) is 5.76. The molecule has 122 valence electrons. The predicted molar refractivity (Wildman–Crippen MR) is 86.4 cm³/mol. The van der Waals surface area contributed by atoms with Gasteiger partial charge in [0.15, 0.2) is 5.13 Å². The van der Waals surface area contributed by atoms with Crippen molar-refractivity contribution in [2.45, 2.75) is 44.9 Å². The Morgan fingerprint density at radius 3 is 2.77 bits per heavy atom. The van der Waals surface area contributed by atoms with Gasteiger partial charge in [0, 0.05) is 24.7 Å². The minimum absolute atomic E-state index is 0.169. The Hall–Kier alpha value is -1.63. The number of hydrogen-bond donors (Lipinski definition) is 2. The summed E-state index contributed by atoms with van der Waals surface area (Å²) < 4.78 is 0. The predicted octanol–water partition coefficient (Wildman–Crippen LogP) is 3.38. The first-order valence-corrected chi connectivity index (χ1v) is 8.49. The monoisotopic (exact) mass is 325 g/mol. The number of carbonyl (C=O) groups excluding carboxylic acids is 1. The first-order valence-electron chi connectivity index (χ1n) is 7.68. The molecule has 2 amide bonds. The molecule has 0 radical (unpaired) electrons. The molecule has 2 N–H and O–H groups in total. The average molecular weight is 325 g/mol. The Bertz CT molecular complexity index is 526. The lowest BCUT2D eigenvalue weighted by molar-refractivity contribution is -0.141. The van der Waals surface area contributed by atoms with Gasteiger partial charge >= 0.3 is 12.0 Å². The zero-order chi connectivity index (χ0) is 16.1. The Balaban J connectivity index is 1.88. The SMILES string of the molecule is CC(CN(C)C(=O)Nc1ncc(C2CCCCC2)s1)C(=O)O. The van der Waals surface area contributed by atoms with Crippen LogP contribution in [0.25, 0.3) is 0 Å². The third-order valence-electron chi connectivity index (χ3n) is 4.06. The summed E-state index contributed by atoms with van der Waals surface area (Å²) in [6.45, 7) is 1.75. The topological polar surface area (TPSA) is 82.5 Å². The lowest BCUT2D eigenvalue weighted by Crippen LogP contribution is -2.36. The Labute approximate surface area is 134 Å². The van der Waals surface area contributed by atoms with E-state index in [9.17, 15) is 9.59 Å². The standard InChI is InChI=1S/C15H23N3O3S/c1-10(13(19)20)9-18(2)15(21)17-14-16-8-12(22-14)11-6-4-3-5-7-11/h8,10-11H,3-7,9H2,1-2H3,(H,19,20)(H,16,17,21). The lowest BCUT2D eigenvalue weighted by atomic mass is 9.89. The number of carboxylic acids is 1. The van der Waals surface area contributed by atoms with E-state index in [2.05, 4.69) is 10.3 Å². The molecular formula is C15H23N3O3S. The molecule has 7 heteroatoms. The second-order valence-corrected chi connectivity index (χ2v) is 7.01. The van der Waals surface area contributed by atoms with Gasteiger partial charge in [-0.3, -0.25) is 10.1 Å². The molecular weight excluding hydrogens is 302 g/mol. The van der Waals surface area contributed by atoms with Crippen molar-refractivity contribution in [1.82, 2.24) is 9.88 Å². The third-order valence-corrected chi connectivity index (χ3v) is 5.14. The highest BCUT2D eigenvalue weighted by molar-refractivity contribution is 7.15. The van der Waals surface area contributed by atoms with E-state index in [1.807, 2.05) is 6.20 Å². The lowest BCUT2D eigenvalue weighted by Gasteiger charge is -2.20. The van der Waals surface area contributed by atoms with E-state index in [1.165, 1.54) is 53.2 Å². The van der Waals surface area contributed by atoms with Gasteiger partial charge in [-0.05, 0) is 18.8 Å². The number of carbonyl (C=O) groups is 2. The molecule has 1 fully saturated rings. The van der Waals surface area contributed by atoms with Crippen molar-refractivity contribution >= 4 is 28.5 Å². The van der Waals surface area contributed by atoms with E-state index in [0.29, 0.717) is 11.0 Å². The number of hydrogen-bond acceptors (Lipinski definition) is 4. The molecule has 6 nitrogen and oxygen atoms in total. The maximum atomic E-state index is 12.0. The molecule has 1 aliphatic rings. The van der Waals surface area contributed by atoms with E-state index in [-0.39, 0.29) is 12.6 Å². The average Bonchev–Trinajstić information content (AvgIpc) is 2.96. The van der Waals surface area contributed by atoms with Crippen LogP contribution in [0.4, 0.5) is 9.93 Å². The van der Waals surface area contributed by atoms with Gasteiger partial charge in [0.1, 0.15) is 0 Å². The molecule has 0 saturated heterocycles. The fourth-order valence-electron chi connectivity index (χ4n) is 2.68. The smallest absolute Gasteiger partial charge is 0.323 e. The molecule has 1 heterocycles. The Morgan fingerprint density at radius 2 is 2.14 bits per heavy atom. The number of rotatable bonds is 5. The van der Waals surface area contributed by atoms with Gasteiger partial charge in [-0.1, -0.05) is 26.2 Å². The van der Waals surface area contributed by atoms with Crippen molar-refractivity contribution in [3.05, 3.63) is 11.1 Å². The number of urea groups is 1. The largest absolute Gasteiger partial charge is 0.481 e. The highest BCUT2D eigenvalue weighted by Crippen LogP contribution is 2.36. The van der Waals surface area contributed by atoms with Crippen molar-refractivity contribution in [3.63, 3.8) is 0 Å². The van der Waals surface area contributed by atoms with Crippen LogP contribution in [-0.4, -0.2) is 40.6 Å². The number of nitrogens with zero attached hydrogens (tertiary/aromatic N) is 2. The molecule has 22 heavy (non-hydrogen) atoms. The quantitative estimate of drug-likeness (QED) is 0.869. The van der Waals surface area contributed by atoms with Crippen LogP contribution in [0.3, 0.4) is 0 Å². The highest BCUT2D eigenvalue weighted by atomic mass is 32.1. The molecule has 1 saturated carbocycles. The van der Waals surface area contributed by atoms with Gasteiger partial charge in [0.05, 0.1) is 5.92 Å². The normalized spacial score (nSPS) is 17.0. The molecule has 0 aliphatic heterocycles. The van der Waals surface area contributed by atoms with Crippen LogP contribution in [0, 0.1) is 5.92 Å². The van der Waals surface area contributed by atoms with E-state index in [0.717, 1.165) is 0 Å². The van der Waals surface area contributed by atoms with Crippen LogP contribution in [0.5, 0.6) is 0 Å². The second kappa shape index (κ2) is 7.58. The van der Waals surface area contributed by atoms with Gasteiger partial charge in [0.2, 0.25) is 0 Å². The number of thiazole rings is 1. The third kappa shape index (κ3) is 4.43. The summed E-state index contributed by atoms with van der Waals surface area (Å²) in [5.41, 5.74) is 0. The van der Waals surface area contributed by atoms with E-state index in [1.54, 1.807) is 14.0 Å². The minimum atomic E-state index is -0.909. The highest BCUT2D eigenvalue weighted by Gasteiger charge is 2.20. The zero-order valence-corrected chi connectivity index (χ0v) is 13.9. The summed E-state index contributed by atoms with van der Waals surface area (Å²) in [5, 5.41) is 12.2. The van der Waals surface area contributed by atoms with Crippen LogP contribution < -0.4 is 5.32 Å². The van der Waals surface area contributed by atoms with E-state index >= 15 is 0 Å². The number of aliphatic carboxylic acids is 1. The van der Waals surface area contributed by atoms with Crippen molar-refractivity contribution in [2.24, 2.45) is 5.92 Å². The molecule has 1 aliphatic carbocycles. The minimum Gasteiger partial charge on any atom is -0.481 e. The summed E-state index contributed by atoms with van der Waals surface area (Å²) in [5.74, 6) is -0.931. The first-order chi connectivity index (χ1) is 10.5. The van der Waals surface area contributed by atoms with E-state index in [4.69, 9.17) is 5.11 Å². The molecule has 0 spiro atoms. The van der Waals surface area contributed by atoms with Crippen molar-refractivity contribution in [1.29, 1.82) is 0 Å². The maximum Gasteiger partial charge on any atom is 0.323 e. The number of anilines is 1. The summed E-state index contributed by atoms with van der Waals surface area (Å²) in [6, 6.07) is -0.322. The molecule has 1 unspecified atom stereocenters. The van der Waals surface area contributed by atoms with Crippen LogP contribution >= 0.6 is 11.3 Å². The zero-order valence-electron chi connectivity index (χ0n) is 13.0. The van der Waals surface area contributed by atoms with Crippen LogP contribution in [0.1, 0.15) is 49.8 Å². The number of amides is 2.